The molecule has 0 aromatic rings. The minimum absolute atomic E-state index is 0.207. The lowest BCUT2D eigenvalue weighted by molar-refractivity contribution is -0.140. The van der Waals surface area contributed by atoms with Crippen LogP contribution in [0.2, 0.25) is 0 Å². The molecule has 1 unspecified atom stereocenters. The molecule has 0 aromatic heterocycles. The minimum Gasteiger partial charge on any atom is -0.469 e. The molecule has 1 atom stereocenters. The largest absolute Gasteiger partial charge is 0.469 e. The Kier molecular flexibility index (Phi) is 11.7. The zero-order valence-corrected chi connectivity index (χ0v) is 15.4. The molecule has 0 saturated carbocycles. The number of halogens is 1. The third kappa shape index (κ3) is 11.1. The summed E-state index contributed by atoms with van der Waals surface area (Å²) in [6.45, 7) is 9.36. The van der Waals surface area contributed by atoms with E-state index in [1.807, 2.05) is 27.7 Å². The number of ether oxygens (including phenoxy) is 1. The summed E-state index contributed by atoms with van der Waals surface area (Å²) in [5, 5.41) is 0. The van der Waals surface area contributed by atoms with Crippen molar-refractivity contribution in [1.29, 1.82) is 0 Å². The zero-order chi connectivity index (χ0) is 17.8. The van der Waals surface area contributed by atoms with E-state index in [-0.39, 0.29) is 18.3 Å². The van der Waals surface area contributed by atoms with Crippen LogP contribution in [-0.2, 0) is 14.3 Å². The monoisotopic (exact) mass is 331 g/mol. The van der Waals surface area contributed by atoms with Crippen molar-refractivity contribution in [3.8, 4) is 0 Å². The van der Waals surface area contributed by atoms with E-state index in [1.165, 1.54) is 7.11 Å². The SMILES string of the molecule is COC(=O)CCCCCCC(F)C(=O)N(CC(C)C)CC(C)C. The van der Waals surface area contributed by atoms with Crippen molar-refractivity contribution in [1.82, 2.24) is 4.90 Å². The van der Waals surface area contributed by atoms with Gasteiger partial charge in [0.25, 0.3) is 5.91 Å². The van der Waals surface area contributed by atoms with Gasteiger partial charge < -0.3 is 9.64 Å². The number of esters is 1. The van der Waals surface area contributed by atoms with Gasteiger partial charge in [-0.3, -0.25) is 9.59 Å². The summed E-state index contributed by atoms with van der Waals surface area (Å²) < 4.78 is 18.7. The van der Waals surface area contributed by atoms with Gasteiger partial charge in [0, 0.05) is 19.5 Å². The van der Waals surface area contributed by atoms with Gasteiger partial charge in [0.1, 0.15) is 0 Å². The summed E-state index contributed by atoms with van der Waals surface area (Å²) in [4.78, 5) is 24.9. The van der Waals surface area contributed by atoms with Gasteiger partial charge in [-0.1, -0.05) is 47.0 Å². The fraction of sp³-hybridized carbons (Fsp3) is 0.889. The zero-order valence-electron chi connectivity index (χ0n) is 15.4. The lowest BCUT2D eigenvalue weighted by Gasteiger charge is -2.27. The number of rotatable bonds is 12. The molecule has 0 spiro atoms. The predicted octanol–water partition coefficient (Wildman–Crippen LogP) is 3.98. The van der Waals surface area contributed by atoms with Crippen molar-refractivity contribution in [3.63, 3.8) is 0 Å². The Morgan fingerprint density at radius 2 is 1.48 bits per heavy atom. The number of hydrogen-bond acceptors (Lipinski definition) is 3. The van der Waals surface area contributed by atoms with Gasteiger partial charge in [0.2, 0.25) is 0 Å². The van der Waals surface area contributed by atoms with E-state index < -0.39 is 6.17 Å². The first-order valence-electron chi connectivity index (χ1n) is 8.77. The van der Waals surface area contributed by atoms with Crippen LogP contribution in [0, 0.1) is 11.8 Å². The molecule has 0 N–H and O–H groups in total. The fourth-order valence-corrected chi connectivity index (χ4v) is 2.51. The van der Waals surface area contributed by atoms with Crippen LogP contribution >= 0.6 is 0 Å². The number of carbonyl (C=O) groups excluding carboxylic acids is 2. The van der Waals surface area contributed by atoms with E-state index in [0.29, 0.717) is 37.8 Å². The summed E-state index contributed by atoms with van der Waals surface area (Å²) >= 11 is 0. The molecule has 0 radical (unpaired) electrons. The molecule has 0 aliphatic heterocycles. The second-order valence-corrected chi connectivity index (χ2v) is 7.03. The third-order valence-corrected chi connectivity index (χ3v) is 3.57. The Labute approximate surface area is 140 Å². The fourth-order valence-electron chi connectivity index (χ4n) is 2.51. The second-order valence-electron chi connectivity index (χ2n) is 7.03. The average molecular weight is 331 g/mol. The molecule has 0 rings (SSSR count). The highest BCUT2D eigenvalue weighted by Gasteiger charge is 2.24. The first kappa shape index (κ1) is 21.9. The molecule has 4 nitrogen and oxygen atoms in total. The number of alkyl halides is 1. The quantitative estimate of drug-likeness (QED) is 0.401. The molecule has 0 fully saturated rings. The van der Waals surface area contributed by atoms with Crippen LogP contribution in [0.15, 0.2) is 0 Å². The van der Waals surface area contributed by atoms with Crippen molar-refractivity contribution < 1.29 is 18.7 Å². The van der Waals surface area contributed by atoms with Crippen molar-refractivity contribution in [2.45, 2.75) is 72.4 Å². The molecule has 0 aliphatic rings. The van der Waals surface area contributed by atoms with Crippen molar-refractivity contribution in [2.24, 2.45) is 11.8 Å². The maximum Gasteiger partial charge on any atom is 0.305 e. The standard InChI is InChI=1S/C18H34FNO3/c1-14(2)12-20(13-15(3)4)18(22)16(19)10-8-6-7-9-11-17(21)23-5/h14-16H,6-13H2,1-5H3. The Bertz CT molecular complexity index is 335. The highest BCUT2D eigenvalue weighted by molar-refractivity contribution is 5.80. The lowest BCUT2D eigenvalue weighted by atomic mass is 10.1. The number of methoxy groups -OCH3 is 1. The smallest absolute Gasteiger partial charge is 0.305 e. The molecule has 23 heavy (non-hydrogen) atoms. The summed E-state index contributed by atoms with van der Waals surface area (Å²) in [7, 11) is 1.38. The van der Waals surface area contributed by atoms with Crippen LogP contribution in [0.1, 0.15) is 66.2 Å². The van der Waals surface area contributed by atoms with Gasteiger partial charge in [0.05, 0.1) is 7.11 Å². The van der Waals surface area contributed by atoms with E-state index in [4.69, 9.17) is 0 Å². The first-order chi connectivity index (χ1) is 10.8. The lowest BCUT2D eigenvalue weighted by Crippen LogP contribution is -2.41. The maximum atomic E-state index is 14.2. The molecule has 0 aromatic carbocycles. The Hall–Kier alpha value is -1.13. The normalized spacial score (nSPS) is 12.5. The van der Waals surface area contributed by atoms with Crippen molar-refractivity contribution in [2.75, 3.05) is 20.2 Å². The van der Waals surface area contributed by atoms with Gasteiger partial charge >= 0.3 is 5.97 Å². The summed E-state index contributed by atoms with van der Waals surface area (Å²) in [5.74, 6) is 0.0926. The summed E-state index contributed by atoms with van der Waals surface area (Å²) in [5.41, 5.74) is 0. The number of carbonyl (C=O) groups is 2. The van der Waals surface area contributed by atoms with Gasteiger partial charge in [0.15, 0.2) is 6.17 Å². The van der Waals surface area contributed by atoms with Crippen LogP contribution < -0.4 is 0 Å². The Balaban J connectivity index is 4.08. The summed E-state index contributed by atoms with van der Waals surface area (Å²) in [6.07, 6.45) is 2.38. The Morgan fingerprint density at radius 1 is 0.957 bits per heavy atom. The highest BCUT2D eigenvalue weighted by atomic mass is 19.1. The van der Waals surface area contributed by atoms with E-state index in [9.17, 15) is 14.0 Å². The molecular weight excluding hydrogens is 297 g/mol. The highest BCUT2D eigenvalue weighted by Crippen LogP contribution is 2.14. The molecular formula is C18H34FNO3. The minimum atomic E-state index is -1.41. The van der Waals surface area contributed by atoms with Gasteiger partial charge in [-0.05, 0) is 24.7 Å². The topological polar surface area (TPSA) is 46.6 Å². The molecule has 0 saturated heterocycles. The van der Waals surface area contributed by atoms with Gasteiger partial charge in [-0.25, -0.2) is 4.39 Å². The third-order valence-electron chi connectivity index (χ3n) is 3.57. The second kappa shape index (κ2) is 12.3. The predicted molar refractivity (Wildman–Crippen MR) is 90.9 cm³/mol. The molecule has 136 valence electrons. The summed E-state index contributed by atoms with van der Waals surface area (Å²) in [6, 6.07) is 0. The number of amides is 1. The van der Waals surface area contributed by atoms with E-state index in [1.54, 1.807) is 4.90 Å². The molecule has 0 bridgehead atoms. The number of unbranched alkanes of at least 4 members (excludes halogenated alkanes) is 3. The first-order valence-corrected chi connectivity index (χ1v) is 8.77. The molecule has 5 heteroatoms. The van der Waals surface area contributed by atoms with Crippen LogP contribution in [-0.4, -0.2) is 43.1 Å². The van der Waals surface area contributed by atoms with Crippen molar-refractivity contribution >= 4 is 11.9 Å². The van der Waals surface area contributed by atoms with Gasteiger partial charge in [-0.15, -0.1) is 0 Å². The average Bonchev–Trinajstić information content (AvgIpc) is 2.47. The van der Waals surface area contributed by atoms with Crippen LogP contribution in [0.4, 0.5) is 4.39 Å². The van der Waals surface area contributed by atoms with E-state index in [0.717, 1.165) is 19.3 Å². The number of hydrogen-bond donors (Lipinski definition) is 0. The molecule has 1 amide bonds. The molecule has 0 aliphatic carbocycles. The maximum absolute atomic E-state index is 14.2. The van der Waals surface area contributed by atoms with Crippen molar-refractivity contribution in [3.05, 3.63) is 0 Å². The van der Waals surface area contributed by atoms with Gasteiger partial charge in [-0.2, -0.15) is 0 Å². The van der Waals surface area contributed by atoms with E-state index >= 15 is 0 Å². The van der Waals surface area contributed by atoms with Crippen LogP contribution in [0.3, 0.4) is 0 Å². The van der Waals surface area contributed by atoms with Crippen LogP contribution in [0.5, 0.6) is 0 Å². The van der Waals surface area contributed by atoms with Crippen LogP contribution in [0.25, 0.3) is 0 Å². The number of nitrogens with zero attached hydrogens (tertiary/aromatic N) is 1. The Morgan fingerprint density at radius 3 is 1.96 bits per heavy atom. The molecule has 0 heterocycles. The van der Waals surface area contributed by atoms with E-state index in [2.05, 4.69) is 4.74 Å².